The minimum absolute atomic E-state index is 0.194. The lowest BCUT2D eigenvalue weighted by molar-refractivity contribution is -0.122. The van der Waals surface area contributed by atoms with Gasteiger partial charge in [-0.2, -0.15) is 0 Å². The van der Waals surface area contributed by atoms with Gasteiger partial charge >= 0.3 is 0 Å². The number of rotatable bonds is 7. The molecule has 3 rings (SSSR count). The lowest BCUT2D eigenvalue weighted by atomic mass is 10.2. The first-order valence-electron chi connectivity index (χ1n) is 8.54. The molecular weight excluding hydrogens is 338 g/mol. The minimum Gasteiger partial charge on any atom is -0.459 e. The van der Waals surface area contributed by atoms with E-state index in [1.807, 2.05) is 6.07 Å². The largest absolute Gasteiger partial charge is 0.459 e. The normalized spacial score (nSPS) is 17.2. The minimum atomic E-state index is -0.625. The van der Waals surface area contributed by atoms with Crippen LogP contribution in [-0.4, -0.2) is 42.4 Å². The second kappa shape index (κ2) is 8.31. The number of hydrogen-bond acceptors (Lipinski definition) is 5. The highest BCUT2D eigenvalue weighted by Crippen LogP contribution is 2.27. The summed E-state index contributed by atoms with van der Waals surface area (Å²) in [7, 11) is 0. The summed E-state index contributed by atoms with van der Waals surface area (Å²) in [5.41, 5.74) is 0. The summed E-state index contributed by atoms with van der Waals surface area (Å²) >= 11 is 1.71. The van der Waals surface area contributed by atoms with Gasteiger partial charge in [0.2, 0.25) is 5.91 Å². The smallest absolute Gasteiger partial charge is 0.287 e. The van der Waals surface area contributed by atoms with E-state index in [9.17, 15) is 9.59 Å². The first-order valence-corrected chi connectivity index (χ1v) is 9.42. The fourth-order valence-corrected chi connectivity index (χ4v) is 3.90. The third-order valence-electron chi connectivity index (χ3n) is 4.41. The molecule has 2 N–H and O–H groups in total. The Bertz CT molecular complexity index is 679. The van der Waals surface area contributed by atoms with Crippen LogP contribution in [0.2, 0.25) is 0 Å². The van der Waals surface area contributed by atoms with E-state index in [0.29, 0.717) is 6.54 Å². The molecule has 2 amide bonds. The number of carbonyl (C=O) groups is 2. The predicted octanol–water partition coefficient (Wildman–Crippen LogP) is 2.41. The molecule has 7 heteroatoms. The Balaban J connectivity index is 1.54. The third-order valence-corrected chi connectivity index (χ3v) is 5.38. The molecule has 0 spiro atoms. The number of amides is 2. The molecule has 2 atom stereocenters. The summed E-state index contributed by atoms with van der Waals surface area (Å²) in [6.45, 7) is 4.33. The van der Waals surface area contributed by atoms with Crippen LogP contribution in [0.5, 0.6) is 0 Å². The fraction of sp³-hybridized carbons (Fsp3) is 0.444. The molecule has 2 aromatic rings. The molecule has 0 bridgehead atoms. The monoisotopic (exact) mass is 361 g/mol. The van der Waals surface area contributed by atoms with Gasteiger partial charge in [-0.05, 0) is 56.4 Å². The zero-order chi connectivity index (χ0) is 17.6. The lowest BCUT2D eigenvalue weighted by Crippen LogP contribution is -2.47. The number of thiophene rings is 1. The van der Waals surface area contributed by atoms with Crippen molar-refractivity contribution in [1.82, 2.24) is 15.5 Å². The molecule has 134 valence electrons. The summed E-state index contributed by atoms with van der Waals surface area (Å²) in [6.07, 6.45) is 3.83. The van der Waals surface area contributed by atoms with Crippen LogP contribution < -0.4 is 10.6 Å². The van der Waals surface area contributed by atoms with Gasteiger partial charge in [-0.25, -0.2) is 0 Å². The molecular formula is C18H23N3O3S. The Hall–Kier alpha value is -2.12. The second-order valence-corrected chi connectivity index (χ2v) is 7.17. The van der Waals surface area contributed by atoms with E-state index in [1.54, 1.807) is 30.4 Å². The van der Waals surface area contributed by atoms with Gasteiger partial charge in [0.25, 0.3) is 5.91 Å². The fourth-order valence-electron chi connectivity index (χ4n) is 3.04. The van der Waals surface area contributed by atoms with Gasteiger partial charge in [0.15, 0.2) is 5.76 Å². The van der Waals surface area contributed by atoms with Crippen molar-refractivity contribution in [3.8, 4) is 0 Å². The molecule has 6 nitrogen and oxygen atoms in total. The second-order valence-electron chi connectivity index (χ2n) is 6.19. The van der Waals surface area contributed by atoms with Crippen LogP contribution >= 0.6 is 11.3 Å². The molecule has 1 aliphatic heterocycles. The zero-order valence-corrected chi connectivity index (χ0v) is 15.1. The van der Waals surface area contributed by atoms with E-state index >= 15 is 0 Å². The highest BCUT2D eigenvalue weighted by atomic mass is 32.1. The van der Waals surface area contributed by atoms with Crippen LogP contribution in [0.15, 0.2) is 40.3 Å². The van der Waals surface area contributed by atoms with Crippen LogP contribution in [0.3, 0.4) is 0 Å². The molecule has 25 heavy (non-hydrogen) atoms. The highest BCUT2D eigenvalue weighted by Gasteiger charge is 2.26. The zero-order valence-electron chi connectivity index (χ0n) is 14.2. The van der Waals surface area contributed by atoms with E-state index < -0.39 is 6.04 Å². The van der Waals surface area contributed by atoms with Crippen molar-refractivity contribution >= 4 is 23.2 Å². The first kappa shape index (κ1) is 17.7. The molecule has 0 aromatic carbocycles. The van der Waals surface area contributed by atoms with Crippen LogP contribution in [0, 0.1) is 0 Å². The number of hydrogen-bond donors (Lipinski definition) is 2. The van der Waals surface area contributed by atoms with Crippen LogP contribution in [0.1, 0.15) is 41.2 Å². The molecule has 1 saturated heterocycles. The predicted molar refractivity (Wildman–Crippen MR) is 96.5 cm³/mol. The molecule has 0 radical (unpaired) electrons. The number of nitrogens with one attached hydrogen (secondary N) is 2. The van der Waals surface area contributed by atoms with Crippen LogP contribution in [0.4, 0.5) is 0 Å². The van der Waals surface area contributed by atoms with Crippen molar-refractivity contribution in [3.63, 3.8) is 0 Å². The SMILES string of the molecule is CC(NC(=O)c1ccco1)C(=O)NCC(c1cccs1)N1CCCC1. The van der Waals surface area contributed by atoms with Crippen molar-refractivity contribution in [2.75, 3.05) is 19.6 Å². The van der Waals surface area contributed by atoms with Crippen molar-refractivity contribution < 1.29 is 14.0 Å². The molecule has 0 saturated carbocycles. The van der Waals surface area contributed by atoms with Gasteiger partial charge in [-0.1, -0.05) is 6.07 Å². The van der Waals surface area contributed by atoms with E-state index in [2.05, 4.69) is 27.0 Å². The summed E-state index contributed by atoms with van der Waals surface area (Å²) < 4.78 is 5.04. The Morgan fingerprint density at radius 1 is 1.28 bits per heavy atom. The summed E-state index contributed by atoms with van der Waals surface area (Å²) in [5, 5.41) is 7.70. The summed E-state index contributed by atoms with van der Waals surface area (Å²) in [4.78, 5) is 28.0. The highest BCUT2D eigenvalue weighted by molar-refractivity contribution is 7.10. The van der Waals surface area contributed by atoms with Crippen molar-refractivity contribution in [1.29, 1.82) is 0 Å². The molecule has 2 aromatic heterocycles. The number of carbonyl (C=O) groups excluding carboxylic acids is 2. The van der Waals surface area contributed by atoms with Gasteiger partial charge in [0, 0.05) is 11.4 Å². The maximum atomic E-state index is 12.4. The molecule has 3 heterocycles. The first-order chi connectivity index (χ1) is 12.1. The van der Waals surface area contributed by atoms with Crippen LogP contribution in [-0.2, 0) is 4.79 Å². The molecule has 1 aliphatic rings. The lowest BCUT2D eigenvalue weighted by Gasteiger charge is -2.27. The van der Waals surface area contributed by atoms with Gasteiger partial charge in [0.05, 0.1) is 12.3 Å². The maximum Gasteiger partial charge on any atom is 0.287 e. The van der Waals surface area contributed by atoms with Crippen molar-refractivity contribution in [2.45, 2.75) is 31.8 Å². The van der Waals surface area contributed by atoms with Gasteiger partial charge in [-0.3, -0.25) is 14.5 Å². The topological polar surface area (TPSA) is 74.6 Å². The average molecular weight is 361 g/mol. The Morgan fingerprint density at radius 2 is 2.08 bits per heavy atom. The van der Waals surface area contributed by atoms with Crippen molar-refractivity contribution in [3.05, 3.63) is 46.5 Å². The quantitative estimate of drug-likeness (QED) is 0.794. The molecule has 1 fully saturated rings. The molecule has 2 unspecified atom stereocenters. The Kier molecular flexibility index (Phi) is 5.88. The van der Waals surface area contributed by atoms with E-state index in [4.69, 9.17) is 4.42 Å². The van der Waals surface area contributed by atoms with E-state index in [-0.39, 0.29) is 23.6 Å². The van der Waals surface area contributed by atoms with Gasteiger partial charge < -0.3 is 15.1 Å². The summed E-state index contributed by atoms with van der Waals surface area (Å²) in [5.74, 6) is -0.379. The van der Waals surface area contributed by atoms with Gasteiger partial charge in [0.1, 0.15) is 6.04 Å². The van der Waals surface area contributed by atoms with E-state index in [1.165, 1.54) is 24.0 Å². The van der Waals surface area contributed by atoms with Gasteiger partial charge in [-0.15, -0.1) is 11.3 Å². The molecule has 0 aliphatic carbocycles. The Morgan fingerprint density at radius 3 is 2.72 bits per heavy atom. The summed E-state index contributed by atoms with van der Waals surface area (Å²) in [6, 6.07) is 6.93. The van der Waals surface area contributed by atoms with Crippen LogP contribution in [0.25, 0.3) is 0 Å². The Labute approximate surface area is 151 Å². The average Bonchev–Trinajstić information content (AvgIpc) is 3.36. The standard InChI is InChI=1S/C18H23N3O3S/c1-13(20-18(23)15-6-4-10-24-15)17(22)19-12-14(16-7-5-11-25-16)21-8-2-3-9-21/h4-7,10-11,13-14H,2-3,8-9,12H2,1H3,(H,19,22)(H,20,23). The third kappa shape index (κ3) is 4.49. The number of nitrogens with zero attached hydrogens (tertiary/aromatic N) is 1. The maximum absolute atomic E-state index is 12.4. The van der Waals surface area contributed by atoms with Crippen molar-refractivity contribution in [2.24, 2.45) is 0 Å². The number of likely N-dealkylation sites (tertiary alicyclic amines) is 1. The van der Waals surface area contributed by atoms with E-state index in [0.717, 1.165) is 13.1 Å². The number of furan rings is 1.